The predicted molar refractivity (Wildman–Crippen MR) is 52.1 cm³/mol. The lowest BCUT2D eigenvalue weighted by Gasteiger charge is -2.19. The van der Waals surface area contributed by atoms with Gasteiger partial charge in [0, 0.05) is 18.2 Å². The third-order valence-corrected chi connectivity index (χ3v) is 2.82. The molecular formula is C9H16N4. The third-order valence-electron chi connectivity index (χ3n) is 2.82. The van der Waals surface area contributed by atoms with E-state index in [0.717, 1.165) is 12.1 Å². The van der Waals surface area contributed by atoms with Crippen LogP contribution in [-0.4, -0.2) is 27.7 Å². The molecule has 0 aliphatic carbocycles. The standard InChI is InChI=1S/C9H16N4/c1-7-3-2-4-13(7)6-8-5-11-12-9(8)10/h5,7H,2-4,6H2,1H3,(H3,10,11,12). The molecule has 0 aromatic carbocycles. The van der Waals surface area contributed by atoms with Crippen LogP contribution in [0.4, 0.5) is 5.82 Å². The van der Waals surface area contributed by atoms with Crippen LogP contribution in [0.1, 0.15) is 25.3 Å². The molecule has 2 heterocycles. The largest absolute Gasteiger partial charge is 0.384 e. The highest BCUT2D eigenvalue weighted by Crippen LogP contribution is 2.20. The van der Waals surface area contributed by atoms with E-state index in [9.17, 15) is 0 Å². The van der Waals surface area contributed by atoms with Gasteiger partial charge >= 0.3 is 0 Å². The molecule has 1 fully saturated rings. The van der Waals surface area contributed by atoms with Gasteiger partial charge in [0.2, 0.25) is 0 Å². The number of likely N-dealkylation sites (tertiary alicyclic amines) is 1. The Morgan fingerprint density at radius 3 is 3.15 bits per heavy atom. The Kier molecular flexibility index (Phi) is 2.22. The van der Waals surface area contributed by atoms with Crippen molar-refractivity contribution in [3.63, 3.8) is 0 Å². The summed E-state index contributed by atoms with van der Waals surface area (Å²) in [4.78, 5) is 2.45. The van der Waals surface area contributed by atoms with Crippen LogP contribution in [0.3, 0.4) is 0 Å². The monoisotopic (exact) mass is 180 g/mol. The van der Waals surface area contributed by atoms with Gasteiger partial charge in [-0.15, -0.1) is 0 Å². The molecule has 1 atom stereocenters. The summed E-state index contributed by atoms with van der Waals surface area (Å²) in [5, 5.41) is 6.67. The average molecular weight is 180 g/mol. The van der Waals surface area contributed by atoms with E-state index in [2.05, 4.69) is 22.0 Å². The molecule has 4 nitrogen and oxygen atoms in total. The summed E-state index contributed by atoms with van der Waals surface area (Å²) >= 11 is 0. The van der Waals surface area contributed by atoms with E-state index < -0.39 is 0 Å². The molecule has 1 aromatic rings. The number of rotatable bonds is 2. The van der Waals surface area contributed by atoms with Crippen molar-refractivity contribution in [1.82, 2.24) is 15.1 Å². The number of hydrogen-bond donors (Lipinski definition) is 2. The number of H-pyrrole nitrogens is 1. The van der Waals surface area contributed by atoms with Gasteiger partial charge in [-0.05, 0) is 26.3 Å². The Balaban J connectivity index is 2.01. The molecule has 1 aliphatic heterocycles. The molecule has 0 amide bonds. The maximum atomic E-state index is 5.72. The zero-order valence-electron chi connectivity index (χ0n) is 7.95. The SMILES string of the molecule is CC1CCCN1Cc1cn[nH]c1N. The normalized spacial score (nSPS) is 23.9. The summed E-state index contributed by atoms with van der Waals surface area (Å²) in [5.74, 6) is 0.708. The Labute approximate surface area is 78.1 Å². The van der Waals surface area contributed by atoms with Crippen molar-refractivity contribution in [2.45, 2.75) is 32.4 Å². The van der Waals surface area contributed by atoms with Crippen molar-refractivity contribution in [1.29, 1.82) is 0 Å². The molecule has 0 spiro atoms. The van der Waals surface area contributed by atoms with Crippen LogP contribution in [0.2, 0.25) is 0 Å². The van der Waals surface area contributed by atoms with Crippen LogP contribution in [0.5, 0.6) is 0 Å². The molecule has 0 radical (unpaired) electrons. The lowest BCUT2D eigenvalue weighted by atomic mass is 10.2. The highest BCUT2D eigenvalue weighted by Gasteiger charge is 2.20. The first kappa shape index (κ1) is 8.56. The Morgan fingerprint density at radius 1 is 1.77 bits per heavy atom. The van der Waals surface area contributed by atoms with Crippen LogP contribution < -0.4 is 5.73 Å². The van der Waals surface area contributed by atoms with Crippen LogP contribution >= 0.6 is 0 Å². The molecule has 13 heavy (non-hydrogen) atoms. The smallest absolute Gasteiger partial charge is 0.123 e. The van der Waals surface area contributed by atoms with E-state index in [1.807, 2.05) is 6.20 Å². The van der Waals surface area contributed by atoms with Crippen LogP contribution in [0.25, 0.3) is 0 Å². The lowest BCUT2D eigenvalue weighted by molar-refractivity contribution is 0.261. The molecule has 1 unspecified atom stereocenters. The summed E-state index contributed by atoms with van der Waals surface area (Å²) in [6.07, 6.45) is 4.43. The summed E-state index contributed by atoms with van der Waals surface area (Å²) in [5.41, 5.74) is 6.84. The van der Waals surface area contributed by atoms with Gasteiger partial charge in [-0.2, -0.15) is 5.10 Å². The molecule has 1 saturated heterocycles. The van der Waals surface area contributed by atoms with Crippen molar-refractivity contribution in [3.8, 4) is 0 Å². The summed E-state index contributed by atoms with van der Waals surface area (Å²) < 4.78 is 0. The summed E-state index contributed by atoms with van der Waals surface area (Å²) in [6, 6.07) is 0.689. The van der Waals surface area contributed by atoms with Crippen LogP contribution in [0, 0.1) is 0 Å². The molecule has 72 valence electrons. The van der Waals surface area contributed by atoms with Gasteiger partial charge < -0.3 is 5.73 Å². The molecule has 4 heteroatoms. The second-order valence-corrected chi connectivity index (χ2v) is 3.77. The number of aromatic nitrogens is 2. The number of nitrogen functional groups attached to an aromatic ring is 1. The summed E-state index contributed by atoms with van der Waals surface area (Å²) in [6.45, 7) is 4.39. The van der Waals surface area contributed by atoms with Gasteiger partial charge in [-0.3, -0.25) is 10.00 Å². The third kappa shape index (κ3) is 1.67. The number of nitrogens with one attached hydrogen (secondary N) is 1. The van der Waals surface area contributed by atoms with Gasteiger partial charge in [0.1, 0.15) is 5.82 Å². The van der Waals surface area contributed by atoms with Crippen molar-refractivity contribution in [2.24, 2.45) is 0 Å². The molecule has 1 aliphatic rings. The zero-order chi connectivity index (χ0) is 9.26. The van der Waals surface area contributed by atoms with E-state index in [-0.39, 0.29) is 0 Å². The minimum atomic E-state index is 0.689. The van der Waals surface area contributed by atoms with Gasteiger partial charge in [0.15, 0.2) is 0 Å². The lowest BCUT2D eigenvalue weighted by Crippen LogP contribution is -2.26. The number of nitrogens with zero attached hydrogens (tertiary/aromatic N) is 2. The van der Waals surface area contributed by atoms with Crippen LogP contribution in [-0.2, 0) is 6.54 Å². The minimum absolute atomic E-state index is 0.689. The maximum Gasteiger partial charge on any atom is 0.123 e. The fourth-order valence-electron chi connectivity index (χ4n) is 1.89. The second-order valence-electron chi connectivity index (χ2n) is 3.77. The zero-order valence-corrected chi connectivity index (χ0v) is 7.95. The van der Waals surface area contributed by atoms with E-state index in [0.29, 0.717) is 11.9 Å². The van der Waals surface area contributed by atoms with E-state index >= 15 is 0 Å². The van der Waals surface area contributed by atoms with Gasteiger partial charge in [0.25, 0.3) is 0 Å². The summed E-state index contributed by atoms with van der Waals surface area (Å²) in [7, 11) is 0. The van der Waals surface area contributed by atoms with E-state index in [4.69, 9.17) is 5.73 Å². The number of aromatic amines is 1. The number of anilines is 1. The van der Waals surface area contributed by atoms with Gasteiger partial charge in [-0.25, -0.2) is 0 Å². The molecule has 1 aromatic heterocycles. The van der Waals surface area contributed by atoms with E-state index in [1.165, 1.54) is 19.4 Å². The highest BCUT2D eigenvalue weighted by molar-refractivity contribution is 5.36. The molecule has 0 saturated carbocycles. The van der Waals surface area contributed by atoms with Crippen molar-refractivity contribution < 1.29 is 0 Å². The molecule has 3 N–H and O–H groups in total. The van der Waals surface area contributed by atoms with Crippen molar-refractivity contribution >= 4 is 5.82 Å². The highest BCUT2D eigenvalue weighted by atomic mass is 15.2. The molecule has 0 bridgehead atoms. The first-order valence-electron chi connectivity index (χ1n) is 4.79. The van der Waals surface area contributed by atoms with Gasteiger partial charge in [0.05, 0.1) is 6.20 Å². The minimum Gasteiger partial charge on any atom is -0.384 e. The fourth-order valence-corrected chi connectivity index (χ4v) is 1.89. The predicted octanol–water partition coefficient (Wildman–Crippen LogP) is 0.976. The maximum absolute atomic E-state index is 5.72. The topological polar surface area (TPSA) is 57.9 Å². The van der Waals surface area contributed by atoms with E-state index in [1.54, 1.807) is 0 Å². The van der Waals surface area contributed by atoms with Crippen molar-refractivity contribution in [3.05, 3.63) is 11.8 Å². The number of nitrogens with two attached hydrogens (primary N) is 1. The van der Waals surface area contributed by atoms with Crippen molar-refractivity contribution in [2.75, 3.05) is 12.3 Å². The Morgan fingerprint density at radius 2 is 2.62 bits per heavy atom. The Bertz CT molecular complexity index is 281. The number of hydrogen-bond acceptors (Lipinski definition) is 3. The molecule has 2 rings (SSSR count). The fraction of sp³-hybridized carbons (Fsp3) is 0.667. The second kappa shape index (κ2) is 3.38. The Hall–Kier alpha value is -1.03. The first-order valence-corrected chi connectivity index (χ1v) is 4.79. The quantitative estimate of drug-likeness (QED) is 0.713. The van der Waals surface area contributed by atoms with Gasteiger partial charge in [-0.1, -0.05) is 0 Å². The average Bonchev–Trinajstić information content (AvgIpc) is 2.65. The first-order chi connectivity index (χ1) is 6.27. The molecular weight excluding hydrogens is 164 g/mol. The van der Waals surface area contributed by atoms with Crippen LogP contribution in [0.15, 0.2) is 6.20 Å².